The Bertz CT molecular complexity index is 837. The number of guanidine groups is 1. The van der Waals surface area contributed by atoms with Gasteiger partial charge in [0.2, 0.25) is 5.91 Å². The molecule has 2 rings (SSSR count). The van der Waals surface area contributed by atoms with Crippen LogP contribution < -0.4 is 10.6 Å². The van der Waals surface area contributed by atoms with E-state index in [-0.39, 0.29) is 43.0 Å². The second-order valence-corrected chi connectivity index (χ2v) is 7.74. The maximum absolute atomic E-state index is 12.9. The third kappa shape index (κ3) is 8.60. The van der Waals surface area contributed by atoms with E-state index in [9.17, 15) is 18.0 Å². The van der Waals surface area contributed by atoms with Crippen LogP contribution in [-0.4, -0.2) is 37.4 Å². The molecule has 0 aliphatic heterocycles. The predicted molar refractivity (Wildman–Crippen MR) is 121 cm³/mol. The molecular formula is C19H24F3IN4OS. The summed E-state index contributed by atoms with van der Waals surface area (Å²) < 4.78 is 38.6. The van der Waals surface area contributed by atoms with Crippen molar-refractivity contribution in [3.63, 3.8) is 0 Å². The van der Waals surface area contributed by atoms with Gasteiger partial charge in [0, 0.05) is 23.8 Å². The minimum Gasteiger partial charge on any atom is -0.351 e. The summed E-state index contributed by atoms with van der Waals surface area (Å²) in [5.41, 5.74) is -0.277. The van der Waals surface area contributed by atoms with Gasteiger partial charge in [-0.2, -0.15) is 13.2 Å². The first-order valence-electron chi connectivity index (χ1n) is 8.59. The molecule has 0 fully saturated rings. The standard InChI is InChI=1S/C19H23F3N4OS.HI/c1-13-7-8-16(28-13)11-24-18(25-12-17(27)26(2)3)23-10-14-5-4-6-15(9-14)19(20,21)22;/h4-9H,10-12H2,1-3H3,(H2,23,24,25);1H. The lowest BCUT2D eigenvalue weighted by Crippen LogP contribution is -2.42. The molecule has 2 aromatic rings. The van der Waals surface area contributed by atoms with Gasteiger partial charge in [-0.25, -0.2) is 4.99 Å². The Morgan fingerprint density at radius 1 is 1.17 bits per heavy atom. The van der Waals surface area contributed by atoms with E-state index in [2.05, 4.69) is 15.6 Å². The highest BCUT2D eigenvalue weighted by Crippen LogP contribution is 2.29. The van der Waals surface area contributed by atoms with Crippen LogP contribution >= 0.6 is 35.3 Å². The number of amides is 1. The van der Waals surface area contributed by atoms with Crippen LogP contribution in [0.1, 0.15) is 20.9 Å². The molecule has 0 saturated heterocycles. The maximum atomic E-state index is 12.9. The first-order chi connectivity index (χ1) is 13.1. The second kappa shape index (κ2) is 11.4. The third-order valence-electron chi connectivity index (χ3n) is 3.81. The quantitative estimate of drug-likeness (QED) is 0.331. The number of halogens is 4. The summed E-state index contributed by atoms with van der Waals surface area (Å²) in [6.45, 7) is 2.59. The highest BCUT2D eigenvalue weighted by atomic mass is 127. The van der Waals surface area contributed by atoms with Gasteiger partial charge in [0.15, 0.2) is 5.96 Å². The minimum atomic E-state index is -4.39. The fourth-order valence-corrected chi connectivity index (χ4v) is 3.09. The van der Waals surface area contributed by atoms with E-state index in [1.54, 1.807) is 31.5 Å². The Kier molecular flexibility index (Phi) is 9.90. The Balaban J connectivity index is 0.00000420. The molecule has 1 aromatic heterocycles. The Hall–Kier alpha value is -1.82. The molecule has 0 aliphatic carbocycles. The van der Waals surface area contributed by atoms with Crippen LogP contribution in [0.25, 0.3) is 0 Å². The van der Waals surface area contributed by atoms with Crippen molar-refractivity contribution < 1.29 is 18.0 Å². The lowest BCUT2D eigenvalue weighted by atomic mass is 10.1. The summed E-state index contributed by atoms with van der Waals surface area (Å²) in [5, 5.41) is 6.04. The number of thiophene rings is 1. The number of aryl methyl sites for hydroxylation is 1. The van der Waals surface area contributed by atoms with E-state index in [0.717, 1.165) is 17.0 Å². The normalized spacial score (nSPS) is 11.6. The van der Waals surface area contributed by atoms with E-state index >= 15 is 0 Å². The molecule has 0 bridgehead atoms. The molecule has 10 heteroatoms. The van der Waals surface area contributed by atoms with E-state index in [4.69, 9.17) is 0 Å². The van der Waals surface area contributed by atoms with Gasteiger partial charge in [-0.15, -0.1) is 35.3 Å². The number of hydrogen-bond acceptors (Lipinski definition) is 3. The lowest BCUT2D eigenvalue weighted by molar-refractivity contribution is -0.137. The number of nitrogens with one attached hydrogen (secondary N) is 2. The van der Waals surface area contributed by atoms with Crippen LogP contribution in [0.5, 0.6) is 0 Å². The van der Waals surface area contributed by atoms with Crippen LogP contribution in [0.3, 0.4) is 0 Å². The summed E-state index contributed by atoms with van der Waals surface area (Å²) in [6, 6.07) is 9.04. The number of alkyl halides is 3. The molecule has 0 spiro atoms. The van der Waals surface area contributed by atoms with Crippen molar-refractivity contribution in [2.45, 2.75) is 26.2 Å². The summed E-state index contributed by atoms with van der Waals surface area (Å²) in [7, 11) is 3.29. The minimum absolute atomic E-state index is 0. The molecule has 0 atom stereocenters. The summed E-state index contributed by atoms with van der Waals surface area (Å²) in [5.74, 6) is 0.221. The average molecular weight is 540 g/mol. The fraction of sp³-hybridized carbons (Fsp3) is 0.368. The zero-order chi connectivity index (χ0) is 20.7. The van der Waals surface area contributed by atoms with Gasteiger partial charge in [-0.05, 0) is 36.8 Å². The number of benzene rings is 1. The molecule has 0 unspecified atom stereocenters. The number of rotatable bonds is 6. The number of carbonyl (C=O) groups is 1. The zero-order valence-corrected chi connectivity index (χ0v) is 19.5. The van der Waals surface area contributed by atoms with Gasteiger partial charge in [0.05, 0.1) is 25.2 Å². The van der Waals surface area contributed by atoms with Gasteiger partial charge in [-0.3, -0.25) is 4.79 Å². The summed E-state index contributed by atoms with van der Waals surface area (Å²) in [6.07, 6.45) is -4.39. The van der Waals surface area contributed by atoms with E-state index in [1.165, 1.54) is 15.8 Å². The smallest absolute Gasteiger partial charge is 0.351 e. The molecule has 1 heterocycles. The van der Waals surface area contributed by atoms with Gasteiger partial charge in [-0.1, -0.05) is 12.1 Å². The SMILES string of the molecule is Cc1ccc(CNC(=NCc2cccc(C(F)(F)F)c2)NCC(=O)N(C)C)s1.I. The van der Waals surface area contributed by atoms with Crippen LogP contribution in [0.2, 0.25) is 0 Å². The van der Waals surface area contributed by atoms with Gasteiger partial charge >= 0.3 is 6.18 Å². The van der Waals surface area contributed by atoms with E-state index in [1.807, 2.05) is 19.1 Å². The number of hydrogen-bond donors (Lipinski definition) is 2. The molecule has 0 saturated carbocycles. The Morgan fingerprint density at radius 3 is 2.48 bits per heavy atom. The van der Waals surface area contributed by atoms with Crippen molar-refractivity contribution in [2.75, 3.05) is 20.6 Å². The van der Waals surface area contributed by atoms with Crippen LogP contribution in [0.15, 0.2) is 41.4 Å². The van der Waals surface area contributed by atoms with Crippen molar-refractivity contribution >= 4 is 47.2 Å². The third-order valence-corrected chi connectivity index (χ3v) is 4.81. The van der Waals surface area contributed by atoms with E-state index < -0.39 is 11.7 Å². The number of carbonyl (C=O) groups excluding carboxylic acids is 1. The van der Waals surface area contributed by atoms with Crippen molar-refractivity contribution in [1.82, 2.24) is 15.5 Å². The highest BCUT2D eigenvalue weighted by molar-refractivity contribution is 14.0. The van der Waals surface area contributed by atoms with Crippen molar-refractivity contribution in [3.8, 4) is 0 Å². The van der Waals surface area contributed by atoms with Crippen LogP contribution in [0.4, 0.5) is 13.2 Å². The molecule has 2 N–H and O–H groups in total. The van der Waals surface area contributed by atoms with Crippen LogP contribution in [0, 0.1) is 6.92 Å². The summed E-state index contributed by atoms with van der Waals surface area (Å²) in [4.78, 5) is 19.9. The highest BCUT2D eigenvalue weighted by Gasteiger charge is 2.30. The monoisotopic (exact) mass is 540 g/mol. The number of likely N-dealkylation sites (N-methyl/N-ethyl adjacent to an activating group) is 1. The molecule has 160 valence electrons. The average Bonchev–Trinajstić information content (AvgIpc) is 3.05. The van der Waals surface area contributed by atoms with Crippen molar-refractivity contribution in [2.24, 2.45) is 4.99 Å². The maximum Gasteiger partial charge on any atom is 0.416 e. The van der Waals surface area contributed by atoms with Crippen molar-refractivity contribution in [1.29, 1.82) is 0 Å². The molecule has 1 amide bonds. The topological polar surface area (TPSA) is 56.7 Å². The largest absolute Gasteiger partial charge is 0.416 e. The first kappa shape index (κ1) is 25.2. The Morgan fingerprint density at radius 2 is 1.90 bits per heavy atom. The zero-order valence-electron chi connectivity index (χ0n) is 16.3. The predicted octanol–water partition coefficient (Wildman–Crippen LogP) is 4.02. The molecular weight excluding hydrogens is 516 g/mol. The molecule has 0 radical (unpaired) electrons. The Labute approximate surface area is 189 Å². The van der Waals surface area contributed by atoms with Crippen LogP contribution in [-0.2, 0) is 24.1 Å². The molecule has 1 aromatic carbocycles. The molecule has 29 heavy (non-hydrogen) atoms. The molecule has 5 nitrogen and oxygen atoms in total. The molecule has 0 aliphatic rings. The van der Waals surface area contributed by atoms with Gasteiger partial charge in [0.25, 0.3) is 0 Å². The number of nitrogens with zero attached hydrogens (tertiary/aromatic N) is 2. The van der Waals surface area contributed by atoms with Crippen molar-refractivity contribution in [3.05, 3.63) is 57.3 Å². The van der Waals surface area contributed by atoms with Gasteiger partial charge < -0.3 is 15.5 Å². The lowest BCUT2D eigenvalue weighted by Gasteiger charge is -2.15. The first-order valence-corrected chi connectivity index (χ1v) is 9.40. The van der Waals surface area contributed by atoms with Gasteiger partial charge in [0.1, 0.15) is 0 Å². The summed E-state index contributed by atoms with van der Waals surface area (Å²) >= 11 is 1.63. The van der Waals surface area contributed by atoms with E-state index in [0.29, 0.717) is 18.1 Å². The fourth-order valence-electron chi connectivity index (χ4n) is 2.26. The second-order valence-electron chi connectivity index (χ2n) is 6.37. The number of aliphatic imine (C=N–C) groups is 1.